The number of aromatic nitrogens is 2. The molecule has 100 valence electrons. The van der Waals surface area contributed by atoms with E-state index in [-0.39, 0.29) is 24.8 Å². The van der Waals surface area contributed by atoms with E-state index in [4.69, 9.17) is 4.74 Å². The van der Waals surface area contributed by atoms with Gasteiger partial charge in [-0.3, -0.25) is 0 Å². The number of hydrogen-bond donors (Lipinski definition) is 2. The first-order chi connectivity index (χ1) is 7.86. The SMILES string of the molecule is COc1ccc2nc(C3CCNC3)[nH]c2c1.Cl.Cl. The third-order valence-corrected chi connectivity index (χ3v) is 3.15. The van der Waals surface area contributed by atoms with Crippen LogP contribution in [0.4, 0.5) is 0 Å². The number of fused-ring (bicyclic) bond motifs is 1. The second kappa shape index (κ2) is 6.27. The topological polar surface area (TPSA) is 49.9 Å². The first-order valence-electron chi connectivity index (χ1n) is 5.61. The highest BCUT2D eigenvalue weighted by molar-refractivity contribution is 5.85. The molecule has 18 heavy (non-hydrogen) atoms. The Hall–Kier alpha value is -0.970. The maximum atomic E-state index is 5.20. The van der Waals surface area contributed by atoms with Crippen LogP contribution in [0.1, 0.15) is 18.2 Å². The maximum Gasteiger partial charge on any atom is 0.121 e. The predicted octanol–water partition coefficient (Wildman–Crippen LogP) is 2.49. The van der Waals surface area contributed by atoms with Gasteiger partial charge in [-0.1, -0.05) is 0 Å². The van der Waals surface area contributed by atoms with Gasteiger partial charge in [0.05, 0.1) is 18.1 Å². The number of rotatable bonds is 2. The van der Waals surface area contributed by atoms with E-state index >= 15 is 0 Å². The van der Waals surface area contributed by atoms with Crippen LogP contribution in [0, 0.1) is 0 Å². The van der Waals surface area contributed by atoms with E-state index in [0.29, 0.717) is 5.92 Å². The van der Waals surface area contributed by atoms with Crippen molar-refractivity contribution in [2.75, 3.05) is 20.2 Å². The molecule has 2 aromatic rings. The molecular weight excluding hydrogens is 273 g/mol. The molecule has 0 bridgehead atoms. The number of methoxy groups -OCH3 is 1. The fraction of sp³-hybridized carbons (Fsp3) is 0.417. The number of benzene rings is 1. The van der Waals surface area contributed by atoms with Crippen LogP contribution < -0.4 is 10.1 Å². The standard InChI is InChI=1S/C12H15N3O.2ClH/c1-16-9-2-3-10-11(6-9)15-12(14-10)8-4-5-13-7-8;;/h2-3,6,8,13H,4-5,7H2,1H3,(H,14,15);2*1H. The summed E-state index contributed by atoms with van der Waals surface area (Å²) in [5, 5.41) is 3.35. The van der Waals surface area contributed by atoms with Gasteiger partial charge >= 0.3 is 0 Å². The third-order valence-electron chi connectivity index (χ3n) is 3.15. The van der Waals surface area contributed by atoms with Gasteiger partial charge in [-0.2, -0.15) is 0 Å². The Balaban J connectivity index is 0.000000810. The van der Waals surface area contributed by atoms with Gasteiger partial charge in [0.15, 0.2) is 0 Å². The van der Waals surface area contributed by atoms with Crippen LogP contribution in [0.3, 0.4) is 0 Å². The molecule has 0 aliphatic carbocycles. The lowest BCUT2D eigenvalue weighted by Crippen LogP contribution is -2.08. The van der Waals surface area contributed by atoms with Gasteiger partial charge in [-0.05, 0) is 25.1 Å². The first-order valence-corrected chi connectivity index (χ1v) is 5.61. The van der Waals surface area contributed by atoms with Gasteiger partial charge < -0.3 is 15.0 Å². The van der Waals surface area contributed by atoms with Crippen molar-refractivity contribution in [3.05, 3.63) is 24.0 Å². The van der Waals surface area contributed by atoms with Crippen molar-refractivity contribution in [1.82, 2.24) is 15.3 Å². The van der Waals surface area contributed by atoms with E-state index in [2.05, 4.69) is 15.3 Å². The van der Waals surface area contributed by atoms with Crippen LogP contribution in [0.25, 0.3) is 11.0 Å². The third kappa shape index (κ3) is 2.71. The van der Waals surface area contributed by atoms with Gasteiger partial charge in [-0.15, -0.1) is 24.8 Å². The number of nitrogens with zero attached hydrogens (tertiary/aromatic N) is 1. The van der Waals surface area contributed by atoms with Crippen LogP contribution in [0.5, 0.6) is 5.75 Å². The Morgan fingerprint density at radius 1 is 1.33 bits per heavy atom. The van der Waals surface area contributed by atoms with E-state index in [1.54, 1.807) is 7.11 Å². The minimum atomic E-state index is 0. The van der Waals surface area contributed by atoms with Gasteiger partial charge in [0, 0.05) is 18.5 Å². The van der Waals surface area contributed by atoms with Crippen LogP contribution in [0.15, 0.2) is 18.2 Å². The fourth-order valence-corrected chi connectivity index (χ4v) is 2.22. The van der Waals surface area contributed by atoms with Crippen molar-refractivity contribution in [3.8, 4) is 5.75 Å². The number of halogens is 2. The lowest BCUT2D eigenvalue weighted by Gasteiger charge is -2.01. The van der Waals surface area contributed by atoms with Crippen molar-refractivity contribution in [2.24, 2.45) is 0 Å². The van der Waals surface area contributed by atoms with Gasteiger partial charge in [-0.25, -0.2) is 4.98 Å². The average molecular weight is 290 g/mol. The maximum absolute atomic E-state index is 5.20. The largest absolute Gasteiger partial charge is 0.497 e. The van der Waals surface area contributed by atoms with E-state index in [1.165, 1.54) is 0 Å². The average Bonchev–Trinajstić information content (AvgIpc) is 2.96. The van der Waals surface area contributed by atoms with Crippen LogP contribution in [-0.2, 0) is 0 Å². The van der Waals surface area contributed by atoms with E-state index in [9.17, 15) is 0 Å². The molecule has 2 heterocycles. The smallest absolute Gasteiger partial charge is 0.121 e. The molecule has 3 rings (SSSR count). The lowest BCUT2D eigenvalue weighted by atomic mass is 10.1. The van der Waals surface area contributed by atoms with Crippen molar-refractivity contribution < 1.29 is 4.74 Å². The van der Waals surface area contributed by atoms with E-state index in [0.717, 1.165) is 42.1 Å². The zero-order valence-corrected chi connectivity index (χ0v) is 11.7. The molecule has 1 unspecified atom stereocenters. The van der Waals surface area contributed by atoms with Crippen molar-refractivity contribution >= 4 is 35.8 Å². The highest BCUT2D eigenvalue weighted by Crippen LogP contribution is 2.24. The Labute approximate surface area is 118 Å². The molecule has 1 aromatic carbocycles. The summed E-state index contributed by atoms with van der Waals surface area (Å²) in [7, 11) is 1.68. The molecule has 6 heteroatoms. The van der Waals surface area contributed by atoms with E-state index < -0.39 is 0 Å². The predicted molar refractivity (Wildman–Crippen MR) is 77.4 cm³/mol. The number of hydrogen-bond acceptors (Lipinski definition) is 3. The summed E-state index contributed by atoms with van der Waals surface area (Å²) in [6.07, 6.45) is 1.16. The fourth-order valence-electron chi connectivity index (χ4n) is 2.22. The van der Waals surface area contributed by atoms with Crippen molar-refractivity contribution in [1.29, 1.82) is 0 Å². The number of imidazole rings is 1. The lowest BCUT2D eigenvalue weighted by molar-refractivity contribution is 0.415. The van der Waals surface area contributed by atoms with Crippen molar-refractivity contribution in [3.63, 3.8) is 0 Å². The molecule has 2 N–H and O–H groups in total. The summed E-state index contributed by atoms with van der Waals surface area (Å²) >= 11 is 0. The number of nitrogens with one attached hydrogen (secondary N) is 2. The summed E-state index contributed by atoms with van der Waals surface area (Å²) in [4.78, 5) is 8.00. The second-order valence-corrected chi connectivity index (χ2v) is 4.19. The Morgan fingerprint density at radius 3 is 2.83 bits per heavy atom. The Kier molecular flexibility index (Phi) is 5.26. The van der Waals surface area contributed by atoms with Crippen molar-refractivity contribution in [2.45, 2.75) is 12.3 Å². The number of H-pyrrole nitrogens is 1. The monoisotopic (exact) mass is 289 g/mol. The summed E-state index contributed by atoms with van der Waals surface area (Å²) in [5.41, 5.74) is 2.07. The molecule has 0 amide bonds. The normalized spacial score (nSPS) is 18.2. The second-order valence-electron chi connectivity index (χ2n) is 4.19. The van der Waals surface area contributed by atoms with Gasteiger partial charge in [0.2, 0.25) is 0 Å². The molecule has 0 radical (unpaired) electrons. The molecule has 1 aliphatic rings. The van der Waals surface area contributed by atoms with Gasteiger partial charge in [0.25, 0.3) is 0 Å². The highest BCUT2D eigenvalue weighted by Gasteiger charge is 2.19. The summed E-state index contributed by atoms with van der Waals surface area (Å²) in [6, 6.07) is 5.94. The summed E-state index contributed by atoms with van der Waals surface area (Å²) in [6.45, 7) is 2.11. The molecule has 0 saturated carbocycles. The Morgan fingerprint density at radius 2 is 2.17 bits per heavy atom. The molecule has 4 nitrogen and oxygen atoms in total. The number of ether oxygens (including phenoxy) is 1. The number of aromatic amines is 1. The molecule has 1 fully saturated rings. The first kappa shape index (κ1) is 15.1. The van der Waals surface area contributed by atoms with Crippen LogP contribution in [0.2, 0.25) is 0 Å². The Bertz CT molecular complexity index is 509. The minimum absolute atomic E-state index is 0. The minimum Gasteiger partial charge on any atom is -0.497 e. The molecule has 1 atom stereocenters. The zero-order chi connectivity index (χ0) is 11.0. The highest BCUT2D eigenvalue weighted by atomic mass is 35.5. The summed E-state index contributed by atoms with van der Waals surface area (Å²) in [5.74, 6) is 2.49. The zero-order valence-electron chi connectivity index (χ0n) is 10.1. The molecule has 0 spiro atoms. The van der Waals surface area contributed by atoms with Crippen LogP contribution >= 0.6 is 24.8 Å². The molecule has 1 saturated heterocycles. The van der Waals surface area contributed by atoms with Crippen LogP contribution in [-0.4, -0.2) is 30.2 Å². The quantitative estimate of drug-likeness (QED) is 0.893. The van der Waals surface area contributed by atoms with E-state index in [1.807, 2.05) is 18.2 Å². The molecule has 1 aliphatic heterocycles. The molecular formula is C12H17Cl2N3O. The van der Waals surface area contributed by atoms with Gasteiger partial charge in [0.1, 0.15) is 11.6 Å². The summed E-state index contributed by atoms with van der Waals surface area (Å²) < 4.78 is 5.20. The molecule has 1 aromatic heterocycles.